The second kappa shape index (κ2) is 3.53. The molecule has 0 saturated heterocycles. The number of benzene rings is 1. The normalized spacial score (nSPS) is 13.2. The van der Waals surface area contributed by atoms with Crippen LogP contribution in [-0.4, -0.2) is 9.97 Å². The minimum atomic E-state index is -5.12. The summed E-state index contributed by atoms with van der Waals surface area (Å²) in [5.74, 6) is -0.252. The Morgan fingerprint density at radius 2 is 1.44 bits per heavy atom. The number of nitrogens with two attached hydrogens (primary N) is 1. The fourth-order valence-electron chi connectivity index (χ4n) is 1.55. The van der Waals surface area contributed by atoms with Crippen molar-refractivity contribution in [3.63, 3.8) is 0 Å². The maximum atomic E-state index is 12.5. The molecule has 0 aliphatic heterocycles. The van der Waals surface area contributed by atoms with Crippen molar-refractivity contribution in [2.75, 3.05) is 5.73 Å². The van der Waals surface area contributed by atoms with E-state index in [1.807, 2.05) is 0 Å². The van der Waals surface area contributed by atoms with Gasteiger partial charge in [-0.15, -0.1) is 0 Å². The summed E-state index contributed by atoms with van der Waals surface area (Å²) in [5.41, 5.74) is 1.15. The first-order chi connectivity index (χ1) is 8.09. The Hall–Kier alpha value is -1.93. The van der Waals surface area contributed by atoms with Crippen molar-refractivity contribution in [1.29, 1.82) is 0 Å². The molecule has 2 rings (SSSR count). The van der Waals surface area contributed by atoms with E-state index in [1.54, 1.807) is 0 Å². The number of rotatable bonds is 0. The Kier molecular flexibility index (Phi) is 2.46. The molecule has 0 bridgehead atoms. The third-order valence-corrected chi connectivity index (χ3v) is 2.25. The van der Waals surface area contributed by atoms with E-state index in [0.29, 0.717) is 12.1 Å². The molecule has 3 nitrogen and oxygen atoms in total. The van der Waals surface area contributed by atoms with Gasteiger partial charge in [-0.1, -0.05) is 0 Å². The van der Waals surface area contributed by atoms with Crippen molar-refractivity contribution in [1.82, 2.24) is 9.97 Å². The Morgan fingerprint density at radius 1 is 0.944 bits per heavy atom. The van der Waals surface area contributed by atoms with Crippen LogP contribution in [0.25, 0.3) is 11.0 Å². The molecule has 1 aromatic carbocycles. The number of anilines is 1. The number of alkyl halides is 6. The van der Waals surface area contributed by atoms with Crippen LogP contribution >= 0.6 is 0 Å². The quantitative estimate of drug-likeness (QED) is 0.722. The highest BCUT2D eigenvalue weighted by molar-refractivity contribution is 5.79. The number of nitrogens with zero attached hydrogens (tertiary/aromatic N) is 1. The molecule has 0 amide bonds. The van der Waals surface area contributed by atoms with Gasteiger partial charge in [0.15, 0.2) is 5.95 Å². The highest BCUT2D eigenvalue weighted by Gasteiger charge is 2.43. The SMILES string of the molecule is Nc1nc2cc(C(F)(F)F)c(C(F)(F)F)cc2[nH]1. The molecule has 0 atom stereocenters. The third kappa shape index (κ3) is 2.07. The van der Waals surface area contributed by atoms with Crippen LogP contribution in [0.15, 0.2) is 12.1 Å². The second-order valence-corrected chi connectivity index (χ2v) is 3.53. The van der Waals surface area contributed by atoms with Crippen LogP contribution in [0.5, 0.6) is 0 Å². The number of nitrogens with one attached hydrogen (secondary N) is 1. The number of nitrogen functional groups attached to an aromatic ring is 1. The van der Waals surface area contributed by atoms with E-state index in [-0.39, 0.29) is 17.0 Å². The van der Waals surface area contributed by atoms with Crippen LogP contribution in [0.2, 0.25) is 0 Å². The van der Waals surface area contributed by atoms with E-state index in [4.69, 9.17) is 5.73 Å². The van der Waals surface area contributed by atoms with Gasteiger partial charge in [-0.3, -0.25) is 0 Å². The number of aromatic amines is 1. The van der Waals surface area contributed by atoms with Crippen LogP contribution in [0.1, 0.15) is 11.1 Å². The van der Waals surface area contributed by atoms with Crippen molar-refractivity contribution < 1.29 is 26.3 Å². The molecule has 0 fully saturated rings. The van der Waals surface area contributed by atoms with Crippen molar-refractivity contribution >= 4 is 17.0 Å². The van der Waals surface area contributed by atoms with Gasteiger partial charge in [-0.2, -0.15) is 26.3 Å². The van der Waals surface area contributed by atoms with E-state index < -0.39 is 23.5 Å². The van der Waals surface area contributed by atoms with Gasteiger partial charge >= 0.3 is 12.4 Å². The topological polar surface area (TPSA) is 54.7 Å². The van der Waals surface area contributed by atoms with Crippen molar-refractivity contribution in [3.8, 4) is 0 Å². The zero-order valence-electron chi connectivity index (χ0n) is 8.45. The van der Waals surface area contributed by atoms with Crippen LogP contribution in [0.3, 0.4) is 0 Å². The van der Waals surface area contributed by atoms with E-state index in [2.05, 4.69) is 9.97 Å². The van der Waals surface area contributed by atoms with Crippen molar-refractivity contribution in [2.24, 2.45) is 0 Å². The van der Waals surface area contributed by atoms with E-state index >= 15 is 0 Å². The molecule has 18 heavy (non-hydrogen) atoms. The van der Waals surface area contributed by atoms with Gasteiger partial charge in [0.05, 0.1) is 22.2 Å². The number of H-pyrrole nitrogens is 1. The molecule has 0 saturated carbocycles. The largest absolute Gasteiger partial charge is 0.417 e. The maximum absolute atomic E-state index is 12.5. The van der Waals surface area contributed by atoms with Crippen LogP contribution in [0.4, 0.5) is 32.3 Å². The van der Waals surface area contributed by atoms with Crippen LogP contribution < -0.4 is 5.73 Å². The molecule has 1 aromatic heterocycles. The monoisotopic (exact) mass is 269 g/mol. The summed E-state index contributed by atoms with van der Waals surface area (Å²) in [7, 11) is 0. The fourth-order valence-corrected chi connectivity index (χ4v) is 1.55. The van der Waals surface area contributed by atoms with Gasteiger partial charge in [0.2, 0.25) is 0 Å². The molecule has 0 spiro atoms. The zero-order chi connectivity index (χ0) is 13.7. The third-order valence-electron chi connectivity index (χ3n) is 2.25. The molecule has 0 aliphatic carbocycles. The second-order valence-electron chi connectivity index (χ2n) is 3.53. The molecule has 2 aromatic rings. The predicted octanol–water partition coefficient (Wildman–Crippen LogP) is 3.18. The summed E-state index contributed by atoms with van der Waals surface area (Å²) in [4.78, 5) is 5.71. The van der Waals surface area contributed by atoms with Crippen LogP contribution in [-0.2, 0) is 12.4 Å². The van der Waals surface area contributed by atoms with Gasteiger partial charge in [0.1, 0.15) is 0 Å². The Bertz CT molecular complexity index is 544. The van der Waals surface area contributed by atoms with Gasteiger partial charge in [0, 0.05) is 0 Å². The first-order valence-electron chi connectivity index (χ1n) is 4.52. The number of imidazole rings is 1. The molecule has 0 radical (unpaired) electrons. The average Bonchev–Trinajstić information content (AvgIpc) is 2.52. The Morgan fingerprint density at radius 3 is 1.94 bits per heavy atom. The molecular formula is C9H5F6N3. The van der Waals surface area contributed by atoms with Crippen LogP contribution in [0, 0.1) is 0 Å². The predicted molar refractivity (Wildman–Crippen MR) is 50.5 cm³/mol. The van der Waals surface area contributed by atoms with Gasteiger partial charge in [-0.25, -0.2) is 4.98 Å². The highest BCUT2D eigenvalue weighted by Crippen LogP contribution is 2.41. The van der Waals surface area contributed by atoms with E-state index in [9.17, 15) is 26.3 Å². The Balaban J connectivity index is 2.80. The van der Waals surface area contributed by atoms with Gasteiger partial charge in [-0.05, 0) is 12.1 Å². The lowest BCUT2D eigenvalue weighted by atomic mass is 10.1. The number of fused-ring (bicyclic) bond motifs is 1. The maximum Gasteiger partial charge on any atom is 0.417 e. The van der Waals surface area contributed by atoms with Gasteiger partial charge in [0.25, 0.3) is 0 Å². The number of hydrogen-bond acceptors (Lipinski definition) is 2. The van der Waals surface area contributed by atoms with Gasteiger partial charge < -0.3 is 10.7 Å². The van der Waals surface area contributed by atoms with Crippen molar-refractivity contribution in [2.45, 2.75) is 12.4 Å². The summed E-state index contributed by atoms with van der Waals surface area (Å²) in [6.45, 7) is 0. The molecule has 0 aliphatic rings. The minimum absolute atomic E-state index is 0.201. The smallest absolute Gasteiger partial charge is 0.369 e. The molecule has 98 valence electrons. The van der Waals surface area contributed by atoms with Crippen molar-refractivity contribution in [3.05, 3.63) is 23.3 Å². The standard InChI is InChI=1S/C9H5F6N3/c10-8(11,12)3-1-5-6(18-7(16)17-5)2-4(3)9(13,14)15/h1-2H,(H3,16,17,18). The number of aromatic nitrogens is 2. The molecule has 0 unspecified atom stereocenters. The fraction of sp³-hybridized carbons (Fsp3) is 0.222. The zero-order valence-corrected chi connectivity index (χ0v) is 8.45. The summed E-state index contributed by atoms with van der Waals surface area (Å²) >= 11 is 0. The highest BCUT2D eigenvalue weighted by atomic mass is 19.4. The summed E-state index contributed by atoms with van der Waals surface area (Å²) in [6, 6.07) is 0.673. The summed E-state index contributed by atoms with van der Waals surface area (Å²) in [5, 5.41) is 0. The van der Waals surface area contributed by atoms with E-state index in [0.717, 1.165) is 0 Å². The lowest BCUT2D eigenvalue weighted by Gasteiger charge is -2.15. The number of hydrogen-bond donors (Lipinski definition) is 2. The number of halogens is 6. The minimum Gasteiger partial charge on any atom is -0.369 e. The Labute approximate surface area is 95.6 Å². The lowest BCUT2D eigenvalue weighted by Crippen LogP contribution is -2.16. The first kappa shape index (κ1) is 12.5. The molecular weight excluding hydrogens is 264 g/mol. The molecule has 9 heteroatoms. The molecule has 3 N–H and O–H groups in total. The molecule has 1 heterocycles. The first-order valence-corrected chi connectivity index (χ1v) is 4.52. The summed E-state index contributed by atoms with van der Waals surface area (Å²) < 4.78 is 75.3. The van der Waals surface area contributed by atoms with E-state index in [1.165, 1.54) is 0 Å². The summed E-state index contributed by atoms with van der Waals surface area (Å²) in [6.07, 6.45) is -10.2. The lowest BCUT2D eigenvalue weighted by molar-refractivity contribution is -0.161. The average molecular weight is 269 g/mol.